The van der Waals surface area contributed by atoms with Crippen molar-refractivity contribution in [3.05, 3.63) is 0 Å². The van der Waals surface area contributed by atoms with Crippen LogP contribution in [0.1, 0.15) is 32.1 Å². The molecule has 0 aromatic carbocycles. The lowest BCUT2D eigenvalue weighted by atomic mass is 10.2. The van der Waals surface area contributed by atoms with Gasteiger partial charge in [-0.05, 0) is 25.1 Å². The minimum absolute atomic E-state index is 0.611. The van der Waals surface area contributed by atoms with E-state index in [9.17, 15) is 0 Å². The first kappa shape index (κ1) is 15.8. The third-order valence-electron chi connectivity index (χ3n) is 2.53. The third kappa shape index (κ3) is 10.3. The molecule has 3 nitrogen and oxygen atoms in total. The number of methoxy groups -OCH3 is 1. The van der Waals surface area contributed by atoms with E-state index < -0.39 is 0 Å². The fourth-order valence-electron chi connectivity index (χ4n) is 1.56. The van der Waals surface area contributed by atoms with Crippen molar-refractivity contribution in [2.45, 2.75) is 32.1 Å². The van der Waals surface area contributed by atoms with E-state index in [0.717, 1.165) is 32.0 Å². The monoisotopic (exact) mass is 244 g/mol. The highest BCUT2D eigenvalue weighted by atomic mass is 32.1. The second-order valence-corrected chi connectivity index (χ2v) is 4.33. The first-order chi connectivity index (χ1) is 7.85. The maximum absolute atomic E-state index is 8.57. The van der Waals surface area contributed by atoms with Crippen LogP contribution >= 0.6 is 12.6 Å². The molecule has 0 aliphatic rings. The number of unbranched alkanes of at least 4 members (excludes halogenated alkanes) is 3. The van der Waals surface area contributed by atoms with E-state index in [-0.39, 0.29) is 0 Å². The molecule has 0 aliphatic carbocycles. The molecule has 0 N–H and O–H groups in total. The van der Waals surface area contributed by atoms with Crippen LogP contribution in [0.15, 0.2) is 0 Å². The molecule has 0 radical (unpaired) electrons. The van der Waals surface area contributed by atoms with Crippen molar-refractivity contribution in [3.8, 4) is 6.07 Å². The maximum Gasteiger partial charge on any atom is 0.0635 e. The van der Waals surface area contributed by atoms with Crippen molar-refractivity contribution in [3.63, 3.8) is 0 Å². The number of nitriles is 1. The number of ether oxygens (including phenoxy) is 1. The van der Waals surface area contributed by atoms with Crippen LogP contribution in [0.5, 0.6) is 0 Å². The van der Waals surface area contributed by atoms with Crippen LogP contribution in [-0.4, -0.2) is 44.0 Å². The molecule has 16 heavy (non-hydrogen) atoms. The van der Waals surface area contributed by atoms with Crippen molar-refractivity contribution in [2.75, 3.05) is 39.1 Å². The standard InChI is InChI=1S/C12H24N2OS/c1-15-11-10-14(9-6-7-13)8-4-2-3-5-12-16/h16H,2-6,8-12H2,1H3. The van der Waals surface area contributed by atoms with Gasteiger partial charge in [-0.1, -0.05) is 12.8 Å². The summed E-state index contributed by atoms with van der Waals surface area (Å²) in [7, 11) is 1.72. The molecule has 0 saturated heterocycles. The van der Waals surface area contributed by atoms with Gasteiger partial charge in [-0.15, -0.1) is 0 Å². The van der Waals surface area contributed by atoms with Crippen LogP contribution in [0.4, 0.5) is 0 Å². The first-order valence-corrected chi connectivity index (χ1v) is 6.67. The summed E-state index contributed by atoms with van der Waals surface area (Å²) in [6, 6.07) is 2.19. The van der Waals surface area contributed by atoms with Gasteiger partial charge in [-0.2, -0.15) is 17.9 Å². The van der Waals surface area contributed by atoms with E-state index in [4.69, 9.17) is 10.00 Å². The Hall–Kier alpha value is -0.240. The summed E-state index contributed by atoms with van der Waals surface area (Å²) in [5.41, 5.74) is 0. The molecule has 0 heterocycles. The molecule has 0 spiro atoms. The summed E-state index contributed by atoms with van der Waals surface area (Å²) in [4.78, 5) is 2.31. The average molecular weight is 244 g/mol. The molecule has 0 aromatic rings. The van der Waals surface area contributed by atoms with Gasteiger partial charge in [-0.3, -0.25) is 0 Å². The Bertz CT molecular complexity index is 182. The van der Waals surface area contributed by atoms with E-state index in [1.54, 1.807) is 7.11 Å². The zero-order valence-electron chi connectivity index (χ0n) is 10.3. The molecule has 0 rings (SSSR count). The predicted octanol–water partition coefficient (Wildman–Crippen LogP) is 2.34. The quantitative estimate of drug-likeness (QED) is 0.448. The van der Waals surface area contributed by atoms with Crippen molar-refractivity contribution in [2.24, 2.45) is 0 Å². The summed E-state index contributed by atoms with van der Waals surface area (Å²) < 4.78 is 5.06. The van der Waals surface area contributed by atoms with Gasteiger partial charge in [0.05, 0.1) is 12.7 Å². The van der Waals surface area contributed by atoms with Crippen LogP contribution in [0.25, 0.3) is 0 Å². The van der Waals surface area contributed by atoms with E-state index in [0.29, 0.717) is 6.42 Å². The highest BCUT2D eigenvalue weighted by Gasteiger charge is 2.03. The summed E-state index contributed by atoms with van der Waals surface area (Å²) in [6.45, 7) is 3.64. The van der Waals surface area contributed by atoms with Gasteiger partial charge in [0.15, 0.2) is 0 Å². The fourth-order valence-corrected chi connectivity index (χ4v) is 1.79. The molecule has 0 aliphatic heterocycles. The lowest BCUT2D eigenvalue weighted by molar-refractivity contribution is 0.147. The van der Waals surface area contributed by atoms with Crippen LogP contribution in [-0.2, 0) is 4.74 Å². The minimum Gasteiger partial charge on any atom is -0.383 e. The van der Waals surface area contributed by atoms with Gasteiger partial charge in [0, 0.05) is 26.6 Å². The molecule has 0 atom stereocenters. The highest BCUT2D eigenvalue weighted by molar-refractivity contribution is 7.80. The Morgan fingerprint density at radius 1 is 1.12 bits per heavy atom. The van der Waals surface area contributed by atoms with E-state index in [2.05, 4.69) is 23.6 Å². The molecule has 0 amide bonds. The van der Waals surface area contributed by atoms with E-state index in [1.165, 1.54) is 25.7 Å². The smallest absolute Gasteiger partial charge is 0.0635 e. The number of hydrogen-bond acceptors (Lipinski definition) is 4. The Kier molecular flexibility index (Phi) is 12.6. The van der Waals surface area contributed by atoms with Crippen molar-refractivity contribution >= 4 is 12.6 Å². The second-order valence-electron chi connectivity index (χ2n) is 3.88. The van der Waals surface area contributed by atoms with Crippen molar-refractivity contribution in [1.29, 1.82) is 5.26 Å². The normalized spacial score (nSPS) is 10.6. The Morgan fingerprint density at radius 2 is 1.88 bits per heavy atom. The van der Waals surface area contributed by atoms with Gasteiger partial charge in [0.25, 0.3) is 0 Å². The second kappa shape index (κ2) is 12.8. The molecule has 0 aromatic heterocycles. The number of thiol groups is 1. The van der Waals surface area contributed by atoms with Gasteiger partial charge in [0.2, 0.25) is 0 Å². The maximum atomic E-state index is 8.57. The number of nitrogens with zero attached hydrogens (tertiary/aromatic N) is 2. The molecule has 94 valence electrons. The zero-order chi connectivity index (χ0) is 12.1. The lowest BCUT2D eigenvalue weighted by Gasteiger charge is -2.20. The van der Waals surface area contributed by atoms with Crippen LogP contribution in [0, 0.1) is 11.3 Å². The molecule has 0 saturated carbocycles. The highest BCUT2D eigenvalue weighted by Crippen LogP contribution is 2.03. The van der Waals surface area contributed by atoms with Crippen LogP contribution in [0.2, 0.25) is 0 Å². The number of hydrogen-bond donors (Lipinski definition) is 1. The van der Waals surface area contributed by atoms with E-state index in [1.807, 2.05) is 0 Å². The summed E-state index contributed by atoms with van der Waals surface area (Å²) in [5.74, 6) is 0.988. The zero-order valence-corrected chi connectivity index (χ0v) is 11.2. The van der Waals surface area contributed by atoms with Gasteiger partial charge in [0.1, 0.15) is 0 Å². The summed E-state index contributed by atoms with van der Waals surface area (Å²) >= 11 is 4.19. The van der Waals surface area contributed by atoms with Gasteiger partial charge in [-0.25, -0.2) is 0 Å². The number of rotatable bonds is 11. The topological polar surface area (TPSA) is 36.3 Å². The molecule has 0 fully saturated rings. The van der Waals surface area contributed by atoms with Crippen molar-refractivity contribution in [1.82, 2.24) is 4.90 Å². The summed E-state index contributed by atoms with van der Waals surface area (Å²) in [5, 5.41) is 8.57. The Balaban J connectivity index is 3.53. The first-order valence-electron chi connectivity index (χ1n) is 6.04. The van der Waals surface area contributed by atoms with Gasteiger partial charge >= 0.3 is 0 Å². The van der Waals surface area contributed by atoms with Gasteiger partial charge < -0.3 is 9.64 Å². The Morgan fingerprint density at radius 3 is 2.50 bits per heavy atom. The third-order valence-corrected chi connectivity index (χ3v) is 2.85. The molecule has 0 bridgehead atoms. The molecule has 4 heteroatoms. The fraction of sp³-hybridized carbons (Fsp3) is 0.917. The lowest BCUT2D eigenvalue weighted by Crippen LogP contribution is -2.29. The average Bonchev–Trinajstić information content (AvgIpc) is 2.31. The molecule has 0 unspecified atom stereocenters. The van der Waals surface area contributed by atoms with Crippen molar-refractivity contribution < 1.29 is 4.74 Å². The largest absolute Gasteiger partial charge is 0.383 e. The SMILES string of the molecule is COCCN(CCC#N)CCCCCCS. The molecular formula is C12H24N2OS. The van der Waals surface area contributed by atoms with Crippen LogP contribution < -0.4 is 0 Å². The minimum atomic E-state index is 0.611. The van der Waals surface area contributed by atoms with Crippen LogP contribution in [0.3, 0.4) is 0 Å². The molecular weight excluding hydrogens is 220 g/mol. The Labute approximate surface area is 105 Å². The van der Waals surface area contributed by atoms with E-state index >= 15 is 0 Å². The predicted molar refractivity (Wildman–Crippen MR) is 70.9 cm³/mol. The summed E-state index contributed by atoms with van der Waals surface area (Å²) in [6.07, 6.45) is 5.55.